The number of rotatable bonds is 4. The largest absolute Gasteiger partial charge is 0.459 e. The lowest BCUT2D eigenvalue weighted by Gasteiger charge is -2.36. The maximum absolute atomic E-state index is 12.7. The van der Waals surface area contributed by atoms with E-state index in [0.29, 0.717) is 38.4 Å². The lowest BCUT2D eigenvalue weighted by molar-refractivity contribution is -0.135. The van der Waals surface area contributed by atoms with Crippen molar-refractivity contribution < 1.29 is 23.5 Å². The maximum atomic E-state index is 12.7. The van der Waals surface area contributed by atoms with E-state index in [1.807, 2.05) is 6.92 Å². The molecule has 1 aromatic rings. The quantitative estimate of drug-likeness (QED) is 0.879. The van der Waals surface area contributed by atoms with Gasteiger partial charge in [0.2, 0.25) is 5.91 Å². The molecule has 1 aromatic heterocycles. The number of alkyl carbamates (subject to hydrolysis) is 1. The minimum atomic E-state index is -0.642. The van der Waals surface area contributed by atoms with E-state index in [0.717, 1.165) is 0 Å². The van der Waals surface area contributed by atoms with Crippen LogP contribution in [0.2, 0.25) is 0 Å². The first-order valence-electron chi connectivity index (χ1n) is 8.82. The number of amides is 3. The second kappa shape index (κ2) is 8.25. The van der Waals surface area contributed by atoms with Crippen molar-refractivity contribution in [2.24, 2.45) is 0 Å². The zero-order valence-corrected chi connectivity index (χ0v) is 15.8. The highest BCUT2D eigenvalue weighted by Crippen LogP contribution is 2.12. The molecule has 2 rings (SSSR count). The Morgan fingerprint density at radius 2 is 1.81 bits per heavy atom. The Labute approximate surface area is 153 Å². The molecule has 144 valence electrons. The Morgan fingerprint density at radius 1 is 1.19 bits per heavy atom. The van der Waals surface area contributed by atoms with E-state index >= 15 is 0 Å². The fourth-order valence-corrected chi connectivity index (χ4v) is 2.69. The van der Waals surface area contributed by atoms with Crippen molar-refractivity contribution in [1.29, 1.82) is 0 Å². The summed E-state index contributed by atoms with van der Waals surface area (Å²) in [5.74, 6) is -0.0488. The van der Waals surface area contributed by atoms with Crippen molar-refractivity contribution in [3.63, 3.8) is 0 Å². The van der Waals surface area contributed by atoms with Gasteiger partial charge in [-0.2, -0.15) is 0 Å². The van der Waals surface area contributed by atoms with E-state index in [-0.39, 0.29) is 11.8 Å². The fraction of sp³-hybridized carbons (Fsp3) is 0.611. The van der Waals surface area contributed by atoms with Gasteiger partial charge in [-0.05, 0) is 39.3 Å². The van der Waals surface area contributed by atoms with Crippen LogP contribution in [-0.4, -0.2) is 65.5 Å². The summed E-state index contributed by atoms with van der Waals surface area (Å²) in [5, 5.41) is 2.63. The maximum Gasteiger partial charge on any atom is 0.408 e. The van der Waals surface area contributed by atoms with Gasteiger partial charge in [-0.15, -0.1) is 0 Å². The smallest absolute Gasteiger partial charge is 0.408 e. The zero-order chi connectivity index (χ0) is 19.3. The average Bonchev–Trinajstić information content (AvgIpc) is 3.11. The molecule has 1 N–H and O–H groups in total. The van der Waals surface area contributed by atoms with Crippen molar-refractivity contribution in [2.45, 2.75) is 45.8 Å². The highest BCUT2D eigenvalue weighted by molar-refractivity contribution is 5.92. The molecule has 1 atom stereocenters. The number of piperazine rings is 1. The van der Waals surface area contributed by atoms with E-state index < -0.39 is 17.7 Å². The molecule has 8 heteroatoms. The molecule has 1 aliphatic rings. The van der Waals surface area contributed by atoms with Crippen LogP contribution in [-0.2, 0) is 9.53 Å². The molecule has 0 aliphatic carbocycles. The summed E-state index contributed by atoms with van der Waals surface area (Å²) in [7, 11) is 0. The van der Waals surface area contributed by atoms with Gasteiger partial charge in [-0.3, -0.25) is 9.59 Å². The molecular weight excluding hydrogens is 338 g/mol. The SMILES string of the molecule is CC[C@H](NC(=O)OC(C)(C)C)C(=O)N1CCN(C(=O)c2ccco2)CC1. The summed E-state index contributed by atoms with van der Waals surface area (Å²) in [4.78, 5) is 40.2. The third-order valence-corrected chi connectivity index (χ3v) is 4.01. The fourth-order valence-electron chi connectivity index (χ4n) is 2.69. The Kier molecular flexibility index (Phi) is 6.28. The molecule has 8 nitrogen and oxygen atoms in total. The highest BCUT2D eigenvalue weighted by atomic mass is 16.6. The molecule has 1 aliphatic heterocycles. The molecule has 1 fully saturated rings. The van der Waals surface area contributed by atoms with Crippen LogP contribution >= 0.6 is 0 Å². The van der Waals surface area contributed by atoms with Gasteiger partial charge in [0.15, 0.2) is 5.76 Å². The first-order chi connectivity index (χ1) is 12.2. The Morgan fingerprint density at radius 3 is 2.31 bits per heavy atom. The molecule has 26 heavy (non-hydrogen) atoms. The number of hydrogen-bond acceptors (Lipinski definition) is 5. The minimum Gasteiger partial charge on any atom is -0.459 e. The highest BCUT2D eigenvalue weighted by Gasteiger charge is 2.30. The van der Waals surface area contributed by atoms with Crippen LogP contribution in [0.3, 0.4) is 0 Å². The number of carbonyl (C=O) groups excluding carboxylic acids is 3. The van der Waals surface area contributed by atoms with Crippen LogP contribution in [0.4, 0.5) is 4.79 Å². The van der Waals surface area contributed by atoms with E-state index in [9.17, 15) is 14.4 Å². The van der Waals surface area contributed by atoms with E-state index in [1.165, 1.54) is 6.26 Å². The number of furan rings is 1. The third kappa shape index (κ3) is 5.24. The predicted molar refractivity (Wildman–Crippen MR) is 94.6 cm³/mol. The number of nitrogens with zero attached hydrogens (tertiary/aromatic N) is 2. The standard InChI is InChI=1S/C18H27N3O5/c1-5-13(19-17(24)26-18(2,3)4)15(22)20-8-10-21(11-9-20)16(23)14-7-6-12-25-14/h6-7,12-13H,5,8-11H2,1-4H3,(H,19,24)/t13-/m0/s1. The van der Waals surface area contributed by atoms with E-state index in [4.69, 9.17) is 9.15 Å². The molecule has 0 aromatic carbocycles. The Bertz CT molecular complexity index is 628. The summed E-state index contributed by atoms with van der Waals surface area (Å²) < 4.78 is 10.3. The predicted octanol–water partition coefficient (Wildman–Crippen LogP) is 1.87. The number of nitrogens with one attached hydrogen (secondary N) is 1. The van der Waals surface area contributed by atoms with Crippen molar-refractivity contribution in [1.82, 2.24) is 15.1 Å². The van der Waals surface area contributed by atoms with Gasteiger partial charge < -0.3 is 24.3 Å². The number of ether oxygens (including phenoxy) is 1. The van der Waals surface area contributed by atoms with Crippen LogP contribution in [0.15, 0.2) is 22.8 Å². The van der Waals surface area contributed by atoms with Gasteiger partial charge in [0, 0.05) is 26.2 Å². The molecule has 1 saturated heterocycles. The van der Waals surface area contributed by atoms with Gasteiger partial charge in [0.05, 0.1) is 6.26 Å². The van der Waals surface area contributed by atoms with Crippen molar-refractivity contribution in [3.05, 3.63) is 24.2 Å². The molecular formula is C18H27N3O5. The molecule has 2 heterocycles. The molecule has 0 saturated carbocycles. The van der Waals surface area contributed by atoms with Gasteiger partial charge in [0.1, 0.15) is 11.6 Å². The number of hydrogen-bond donors (Lipinski definition) is 1. The minimum absolute atomic E-state index is 0.163. The molecule has 3 amide bonds. The summed E-state index contributed by atoms with van der Waals surface area (Å²) in [6.45, 7) is 8.81. The summed E-state index contributed by atoms with van der Waals surface area (Å²) in [6, 6.07) is 2.65. The van der Waals surface area contributed by atoms with Gasteiger partial charge in [0.25, 0.3) is 5.91 Å². The zero-order valence-electron chi connectivity index (χ0n) is 15.8. The first-order valence-corrected chi connectivity index (χ1v) is 8.82. The second-order valence-electron chi connectivity index (χ2n) is 7.20. The van der Waals surface area contributed by atoms with Crippen LogP contribution in [0.5, 0.6) is 0 Å². The van der Waals surface area contributed by atoms with Gasteiger partial charge in [-0.25, -0.2) is 4.79 Å². The monoisotopic (exact) mass is 365 g/mol. The van der Waals surface area contributed by atoms with Crippen LogP contribution in [0.1, 0.15) is 44.7 Å². The van der Waals surface area contributed by atoms with Crippen molar-refractivity contribution >= 4 is 17.9 Å². The summed E-state index contributed by atoms with van der Waals surface area (Å²) in [5.41, 5.74) is -0.622. The lowest BCUT2D eigenvalue weighted by atomic mass is 10.1. The third-order valence-electron chi connectivity index (χ3n) is 4.01. The van der Waals surface area contributed by atoms with Crippen LogP contribution in [0, 0.1) is 0 Å². The molecule has 0 unspecified atom stereocenters. The summed E-state index contributed by atoms with van der Waals surface area (Å²) >= 11 is 0. The molecule has 0 spiro atoms. The van der Waals surface area contributed by atoms with Crippen molar-refractivity contribution in [3.8, 4) is 0 Å². The second-order valence-corrected chi connectivity index (χ2v) is 7.20. The van der Waals surface area contributed by atoms with Crippen LogP contribution < -0.4 is 5.32 Å². The molecule has 0 bridgehead atoms. The average molecular weight is 365 g/mol. The van der Waals surface area contributed by atoms with E-state index in [1.54, 1.807) is 42.7 Å². The topological polar surface area (TPSA) is 92.1 Å². The van der Waals surface area contributed by atoms with Gasteiger partial charge in [-0.1, -0.05) is 6.92 Å². The normalized spacial score (nSPS) is 16.2. The molecule has 0 radical (unpaired) electrons. The Balaban J connectivity index is 1.87. The van der Waals surface area contributed by atoms with E-state index in [2.05, 4.69) is 5.32 Å². The van der Waals surface area contributed by atoms with Crippen molar-refractivity contribution in [2.75, 3.05) is 26.2 Å². The van der Waals surface area contributed by atoms with Gasteiger partial charge >= 0.3 is 6.09 Å². The number of carbonyl (C=O) groups is 3. The Hall–Kier alpha value is -2.51. The van der Waals surface area contributed by atoms with Crippen LogP contribution in [0.25, 0.3) is 0 Å². The first kappa shape index (κ1) is 19.8. The summed E-state index contributed by atoms with van der Waals surface area (Å²) in [6.07, 6.45) is 1.31. The lowest BCUT2D eigenvalue weighted by Crippen LogP contribution is -2.56.